The highest BCUT2D eigenvalue weighted by Gasteiger charge is 2.10. The van der Waals surface area contributed by atoms with Gasteiger partial charge in [-0.15, -0.1) is 0 Å². The van der Waals surface area contributed by atoms with Crippen molar-refractivity contribution < 1.29 is 0 Å². The summed E-state index contributed by atoms with van der Waals surface area (Å²) in [6.45, 7) is 0. The van der Waals surface area contributed by atoms with Crippen LogP contribution in [0, 0.1) is 0 Å². The standard InChI is InChI=1S/C16H13BrN2S2/c17-13-8-6-11(7-9-13)10-20-16-19-14(15(18)21-16)12-4-2-1-3-5-12/h1-9H,10,18H2. The second kappa shape index (κ2) is 6.64. The van der Waals surface area contributed by atoms with Crippen LogP contribution in [0.3, 0.4) is 0 Å². The molecule has 5 heteroatoms. The van der Waals surface area contributed by atoms with Crippen LogP contribution >= 0.6 is 39.0 Å². The summed E-state index contributed by atoms with van der Waals surface area (Å²) in [4.78, 5) is 4.66. The molecule has 2 nitrogen and oxygen atoms in total. The van der Waals surface area contributed by atoms with Gasteiger partial charge in [0.05, 0.1) is 0 Å². The van der Waals surface area contributed by atoms with Crippen molar-refractivity contribution in [2.75, 3.05) is 5.73 Å². The second-order valence-corrected chi connectivity index (χ2v) is 7.64. The van der Waals surface area contributed by atoms with Gasteiger partial charge in [0.25, 0.3) is 0 Å². The van der Waals surface area contributed by atoms with Gasteiger partial charge in [-0.2, -0.15) is 0 Å². The Bertz CT molecular complexity index is 724. The summed E-state index contributed by atoms with van der Waals surface area (Å²) < 4.78 is 2.11. The van der Waals surface area contributed by atoms with Crippen LogP contribution in [0.25, 0.3) is 11.3 Å². The van der Waals surface area contributed by atoms with Crippen molar-refractivity contribution in [2.24, 2.45) is 0 Å². The molecule has 1 aromatic heterocycles. The Kier molecular flexibility index (Phi) is 4.63. The van der Waals surface area contributed by atoms with Gasteiger partial charge in [-0.1, -0.05) is 81.5 Å². The molecule has 1 heterocycles. The Labute approximate surface area is 140 Å². The molecule has 3 rings (SSSR count). The smallest absolute Gasteiger partial charge is 0.152 e. The largest absolute Gasteiger partial charge is 0.389 e. The third-order valence-electron chi connectivity index (χ3n) is 2.96. The van der Waals surface area contributed by atoms with E-state index >= 15 is 0 Å². The minimum atomic E-state index is 0.777. The number of hydrogen-bond acceptors (Lipinski definition) is 4. The van der Waals surface area contributed by atoms with Crippen LogP contribution in [0.5, 0.6) is 0 Å². The predicted octanol–water partition coefficient (Wildman–Crippen LogP) is 5.45. The molecule has 0 radical (unpaired) electrons. The number of rotatable bonds is 4. The zero-order chi connectivity index (χ0) is 14.7. The third kappa shape index (κ3) is 3.67. The number of hydrogen-bond donors (Lipinski definition) is 1. The first kappa shape index (κ1) is 14.6. The third-order valence-corrected chi connectivity index (χ3v) is 5.58. The quantitative estimate of drug-likeness (QED) is 0.615. The summed E-state index contributed by atoms with van der Waals surface area (Å²) in [5.41, 5.74) is 9.33. The van der Waals surface area contributed by atoms with Gasteiger partial charge in [-0.05, 0) is 17.7 Å². The predicted molar refractivity (Wildman–Crippen MR) is 95.7 cm³/mol. The molecular weight excluding hydrogens is 364 g/mol. The molecule has 0 saturated carbocycles. The highest BCUT2D eigenvalue weighted by molar-refractivity contribution is 9.10. The van der Waals surface area contributed by atoms with Crippen molar-refractivity contribution in [3.63, 3.8) is 0 Å². The zero-order valence-corrected chi connectivity index (χ0v) is 14.3. The molecule has 0 aliphatic heterocycles. The van der Waals surface area contributed by atoms with Crippen LogP contribution in [0.1, 0.15) is 5.56 Å². The number of aromatic nitrogens is 1. The fourth-order valence-corrected chi connectivity index (χ4v) is 4.07. The second-order valence-electron chi connectivity index (χ2n) is 4.47. The molecule has 0 saturated heterocycles. The van der Waals surface area contributed by atoms with Crippen molar-refractivity contribution >= 4 is 44.0 Å². The van der Waals surface area contributed by atoms with Crippen molar-refractivity contribution in [2.45, 2.75) is 10.1 Å². The van der Waals surface area contributed by atoms with Gasteiger partial charge >= 0.3 is 0 Å². The molecule has 2 N–H and O–H groups in total. The Morgan fingerprint density at radius 2 is 1.76 bits per heavy atom. The first-order valence-electron chi connectivity index (χ1n) is 6.41. The molecule has 0 aliphatic rings. The van der Waals surface area contributed by atoms with Crippen molar-refractivity contribution in [3.8, 4) is 11.3 Å². The van der Waals surface area contributed by atoms with Gasteiger partial charge in [0, 0.05) is 15.8 Å². The van der Waals surface area contributed by atoms with E-state index in [0.29, 0.717) is 0 Å². The van der Waals surface area contributed by atoms with Gasteiger partial charge in [-0.25, -0.2) is 4.98 Å². The molecule has 0 unspecified atom stereocenters. The maximum absolute atomic E-state index is 6.10. The van der Waals surface area contributed by atoms with Crippen LogP contribution in [0.2, 0.25) is 0 Å². The Hall–Kier alpha value is -1.30. The number of nitrogen functional groups attached to an aromatic ring is 1. The minimum absolute atomic E-state index is 0.777. The molecule has 106 valence electrons. The lowest BCUT2D eigenvalue weighted by molar-refractivity contribution is 1.25. The maximum atomic E-state index is 6.10. The number of nitrogens with two attached hydrogens (primary N) is 1. The molecule has 0 aliphatic carbocycles. The maximum Gasteiger partial charge on any atom is 0.152 e. The number of nitrogens with zero attached hydrogens (tertiary/aromatic N) is 1. The van der Waals surface area contributed by atoms with E-state index in [4.69, 9.17) is 5.73 Å². The number of halogens is 1. The lowest BCUT2D eigenvalue weighted by Gasteiger charge is -1.99. The van der Waals surface area contributed by atoms with Gasteiger partial charge in [0.2, 0.25) is 0 Å². The fraction of sp³-hybridized carbons (Fsp3) is 0.0625. The number of benzene rings is 2. The summed E-state index contributed by atoms with van der Waals surface area (Å²) >= 11 is 6.72. The average molecular weight is 377 g/mol. The number of anilines is 1. The van der Waals surface area contributed by atoms with Crippen molar-refractivity contribution in [3.05, 3.63) is 64.6 Å². The number of thioether (sulfide) groups is 1. The summed E-state index contributed by atoms with van der Waals surface area (Å²) in [6.07, 6.45) is 0. The van der Waals surface area contributed by atoms with E-state index in [9.17, 15) is 0 Å². The van der Waals surface area contributed by atoms with E-state index in [2.05, 4.69) is 45.2 Å². The molecular formula is C16H13BrN2S2. The molecule has 0 amide bonds. The molecule has 2 aromatic carbocycles. The van der Waals surface area contributed by atoms with Gasteiger partial charge < -0.3 is 5.73 Å². The normalized spacial score (nSPS) is 10.7. The first-order valence-corrected chi connectivity index (χ1v) is 9.01. The van der Waals surface area contributed by atoms with Crippen molar-refractivity contribution in [1.82, 2.24) is 4.98 Å². The minimum Gasteiger partial charge on any atom is -0.389 e. The van der Waals surface area contributed by atoms with Gasteiger partial charge in [0.1, 0.15) is 10.7 Å². The molecule has 0 bridgehead atoms. The monoisotopic (exact) mass is 376 g/mol. The SMILES string of the molecule is Nc1sc(SCc2ccc(Br)cc2)nc1-c1ccccc1. The van der Waals surface area contributed by atoms with E-state index < -0.39 is 0 Å². The van der Waals surface area contributed by atoms with E-state index in [-0.39, 0.29) is 0 Å². The fourth-order valence-electron chi connectivity index (χ4n) is 1.90. The lowest BCUT2D eigenvalue weighted by atomic mass is 10.2. The zero-order valence-electron chi connectivity index (χ0n) is 11.1. The summed E-state index contributed by atoms with van der Waals surface area (Å²) in [6, 6.07) is 18.4. The lowest BCUT2D eigenvalue weighted by Crippen LogP contribution is -1.85. The summed E-state index contributed by atoms with van der Waals surface area (Å²) in [5.74, 6) is 0.897. The van der Waals surface area contributed by atoms with Gasteiger partial charge in [-0.3, -0.25) is 0 Å². The number of thiazole rings is 1. The van der Waals surface area contributed by atoms with Crippen LogP contribution in [0.15, 0.2) is 63.4 Å². The van der Waals surface area contributed by atoms with Crippen LogP contribution in [0.4, 0.5) is 5.00 Å². The van der Waals surface area contributed by atoms with Crippen LogP contribution < -0.4 is 5.73 Å². The van der Waals surface area contributed by atoms with E-state index in [1.807, 2.05) is 30.3 Å². The molecule has 0 fully saturated rings. The summed E-state index contributed by atoms with van der Waals surface area (Å²) in [7, 11) is 0. The Balaban J connectivity index is 1.74. The van der Waals surface area contributed by atoms with E-state index in [1.54, 1.807) is 23.1 Å². The Morgan fingerprint density at radius 1 is 1.05 bits per heavy atom. The van der Waals surface area contributed by atoms with Crippen molar-refractivity contribution in [1.29, 1.82) is 0 Å². The Morgan fingerprint density at radius 3 is 2.48 bits per heavy atom. The van der Waals surface area contributed by atoms with Crippen LogP contribution in [-0.4, -0.2) is 4.98 Å². The molecule has 0 atom stereocenters. The highest BCUT2D eigenvalue weighted by atomic mass is 79.9. The molecule has 3 aromatic rings. The molecule has 21 heavy (non-hydrogen) atoms. The first-order chi connectivity index (χ1) is 10.2. The average Bonchev–Trinajstić information content (AvgIpc) is 2.89. The van der Waals surface area contributed by atoms with Crippen LogP contribution in [-0.2, 0) is 5.75 Å². The van der Waals surface area contributed by atoms with E-state index in [1.165, 1.54) is 5.56 Å². The van der Waals surface area contributed by atoms with E-state index in [0.717, 1.165) is 30.8 Å². The molecule has 0 spiro atoms. The topological polar surface area (TPSA) is 38.9 Å². The highest BCUT2D eigenvalue weighted by Crippen LogP contribution is 2.36. The summed E-state index contributed by atoms with van der Waals surface area (Å²) in [5, 5.41) is 0.777. The van der Waals surface area contributed by atoms with Gasteiger partial charge in [0.15, 0.2) is 4.34 Å².